The van der Waals surface area contributed by atoms with Gasteiger partial charge in [-0.2, -0.15) is 0 Å². The van der Waals surface area contributed by atoms with Gasteiger partial charge in [-0.3, -0.25) is 0 Å². The van der Waals surface area contributed by atoms with Crippen LogP contribution in [0.25, 0.3) is 32.7 Å². The number of thioether (sulfide) groups is 2. The second-order valence-corrected chi connectivity index (χ2v) is 8.98. The Morgan fingerprint density at radius 3 is 1.56 bits per heavy atom. The highest BCUT2D eigenvalue weighted by molar-refractivity contribution is 8.16. The van der Waals surface area contributed by atoms with Gasteiger partial charge in [0.05, 0.1) is 0 Å². The molecule has 0 fully saturated rings. The van der Waals surface area contributed by atoms with E-state index in [1.165, 1.54) is 53.6 Å². The smallest absolute Gasteiger partial charge is 0.0487 e. The largest absolute Gasteiger partial charge is 0.114 e. The molecule has 1 heterocycles. The number of aryl methyl sites for hydroxylation is 2. The van der Waals surface area contributed by atoms with Crippen LogP contribution >= 0.6 is 23.5 Å². The Hall–Kier alpha value is -1.90. The summed E-state index contributed by atoms with van der Waals surface area (Å²) in [6, 6.07) is 22.3. The van der Waals surface area contributed by atoms with Crippen molar-refractivity contribution in [1.82, 2.24) is 0 Å². The lowest BCUT2D eigenvalue weighted by Gasteiger charge is -2.18. The fourth-order valence-electron chi connectivity index (χ4n) is 3.95. The molecule has 4 aromatic rings. The quantitative estimate of drug-likeness (QED) is 0.320. The second-order valence-electron chi connectivity index (χ2n) is 6.64. The summed E-state index contributed by atoms with van der Waals surface area (Å²) < 4.78 is 0. The van der Waals surface area contributed by atoms with E-state index in [0.717, 1.165) is 5.08 Å². The Labute approximate surface area is 156 Å². The highest BCUT2D eigenvalue weighted by Gasteiger charge is 2.23. The van der Waals surface area contributed by atoms with Crippen molar-refractivity contribution in [2.75, 3.05) is 5.08 Å². The molecule has 0 unspecified atom stereocenters. The Morgan fingerprint density at radius 2 is 1.08 bits per heavy atom. The van der Waals surface area contributed by atoms with Gasteiger partial charge in [0.2, 0.25) is 0 Å². The molecule has 5 rings (SSSR count). The van der Waals surface area contributed by atoms with E-state index in [1.54, 1.807) is 0 Å². The van der Waals surface area contributed by atoms with Gasteiger partial charge in [-0.1, -0.05) is 60.7 Å². The molecule has 0 nitrogen and oxygen atoms in total. The molecule has 25 heavy (non-hydrogen) atoms. The van der Waals surface area contributed by atoms with E-state index >= 15 is 0 Å². The molecule has 0 N–H and O–H groups in total. The van der Waals surface area contributed by atoms with Crippen LogP contribution in [0, 0.1) is 13.8 Å². The monoisotopic (exact) mass is 358 g/mol. The van der Waals surface area contributed by atoms with E-state index in [-0.39, 0.29) is 0 Å². The molecule has 0 spiro atoms. The van der Waals surface area contributed by atoms with Gasteiger partial charge >= 0.3 is 0 Å². The Kier molecular flexibility index (Phi) is 3.58. The van der Waals surface area contributed by atoms with Gasteiger partial charge in [-0.25, -0.2) is 0 Å². The van der Waals surface area contributed by atoms with Crippen molar-refractivity contribution in [1.29, 1.82) is 0 Å². The van der Waals surface area contributed by atoms with Crippen LogP contribution in [0.1, 0.15) is 11.1 Å². The van der Waals surface area contributed by atoms with Gasteiger partial charge < -0.3 is 0 Å². The maximum atomic E-state index is 2.34. The van der Waals surface area contributed by atoms with Gasteiger partial charge in [-0.05, 0) is 46.5 Å². The van der Waals surface area contributed by atoms with Crippen LogP contribution in [0.5, 0.6) is 0 Å². The molecule has 0 bridgehead atoms. The highest BCUT2D eigenvalue weighted by Crippen LogP contribution is 2.51. The first-order valence-corrected chi connectivity index (χ1v) is 10.5. The Bertz CT molecular complexity index is 1050. The first-order valence-electron chi connectivity index (χ1n) is 8.54. The van der Waals surface area contributed by atoms with Gasteiger partial charge in [0.25, 0.3) is 0 Å². The molecule has 1 aliphatic heterocycles. The molecule has 2 heteroatoms. The summed E-state index contributed by atoms with van der Waals surface area (Å²) in [5.74, 6) is 0. The molecule has 0 aromatic heterocycles. The predicted octanol–water partition coefficient (Wildman–Crippen LogP) is 7.43. The molecule has 4 aromatic carbocycles. The summed E-state index contributed by atoms with van der Waals surface area (Å²) in [5, 5.41) is 6.48. The van der Waals surface area contributed by atoms with E-state index in [9.17, 15) is 0 Å². The average Bonchev–Trinajstić information content (AvgIpc) is 2.83. The van der Waals surface area contributed by atoms with Gasteiger partial charge in [0.15, 0.2) is 0 Å². The van der Waals surface area contributed by atoms with E-state index < -0.39 is 0 Å². The third kappa shape index (κ3) is 2.32. The molecule has 0 radical (unpaired) electrons. The van der Waals surface area contributed by atoms with Crippen molar-refractivity contribution < 1.29 is 0 Å². The molecule has 1 aliphatic rings. The summed E-state index contributed by atoms with van der Waals surface area (Å²) >= 11 is 3.98. The van der Waals surface area contributed by atoms with Crippen molar-refractivity contribution in [2.45, 2.75) is 23.6 Å². The summed E-state index contributed by atoms with van der Waals surface area (Å²) in [4.78, 5) is 2.89. The van der Waals surface area contributed by atoms with Gasteiger partial charge in [0, 0.05) is 26.0 Å². The minimum absolute atomic E-state index is 1.07. The van der Waals surface area contributed by atoms with E-state index in [4.69, 9.17) is 0 Å². The van der Waals surface area contributed by atoms with Crippen molar-refractivity contribution in [3.8, 4) is 11.1 Å². The summed E-state index contributed by atoms with van der Waals surface area (Å²) in [7, 11) is 0. The van der Waals surface area contributed by atoms with Crippen molar-refractivity contribution in [3.05, 3.63) is 71.8 Å². The third-order valence-electron chi connectivity index (χ3n) is 5.03. The zero-order chi connectivity index (χ0) is 17.0. The molecule has 0 aliphatic carbocycles. The fourth-order valence-corrected chi connectivity index (χ4v) is 6.42. The standard InChI is InChI=1S/C23H18S2/c1-14-11-16-7-3-5-9-18(16)20-21-19-10-6-4-8-17(19)12-15(2)23(21)25-13-24-22(14)20/h3-12H,13H2,1-2H3. The molecule has 0 amide bonds. The minimum atomic E-state index is 1.07. The van der Waals surface area contributed by atoms with E-state index in [1.807, 2.05) is 23.5 Å². The number of hydrogen-bond donors (Lipinski definition) is 0. The van der Waals surface area contributed by atoms with Crippen LogP contribution in [0.4, 0.5) is 0 Å². The van der Waals surface area contributed by atoms with Gasteiger partial charge in [-0.15, -0.1) is 23.5 Å². The number of fused-ring (bicyclic) bond motifs is 7. The Morgan fingerprint density at radius 1 is 0.640 bits per heavy atom. The lowest BCUT2D eigenvalue weighted by atomic mass is 9.91. The molecule has 0 atom stereocenters. The van der Waals surface area contributed by atoms with Crippen molar-refractivity contribution >= 4 is 45.1 Å². The number of benzene rings is 4. The second kappa shape index (κ2) is 5.82. The Balaban J connectivity index is 2.05. The summed E-state index contributed by atoms with van der Waals surface area (Å²) in [5.41, 5.74) is 5.64. The fraction of sp³-hybridized carbons (Fsp3) is 0.130. The SMILES string of the molecule is Cc1cc2ccccc2c2c1SCSc1c(C)cc3ccccc3c1-2. The van der Waals surface area contributed by atoms with Crippen molar-refractivity contribution in [2.24, 2.45) is 0 Å². The minimum Gasteiger partial charge on any atom is -0.114 e. The van der Waals surface area contributed by atoms with Crippen LogP contribution in [0.3, 0.4) is 0 Å². The molecular formula is C23H18S2. The molecule has 0 saturated heterocycles. The highest BCUT2D eigenvalue weighted by atomic mass is 32.2. The van der Waals surface area contributed by atoms with E-state index in [2.05, 4.69) is 74.5 Å². The normalized spacial score (nSPS) is 13.5. The predicted molar refractivity (Wildman–Crippen MR) is 113 cm³/mol. The zero-order valence-corrected chi connectivity index (χ0v) is 15.9. The van der Waals surface area contributed by atoms with Crippen LogP contribution in [0.2, 0.25) is 0 Å². The average molecular weight is 359 g/mol. The van der Waals surface area contributed by atoms with Crippen LogP contribution in [-0.2, 0) is 0 Å². The van der Waals surface area contributed by atoms with Crippen LogP contribution in [-0.4, -0.2) is 5.08 Å². The molecule has 0 saturated carbocycles. The maximum absolute atomic E-state index is 2.34. The number of hydrogen-bond acceptors (Lipinski definition) is 2. The zero-order valence-electron chi connectivity index (χ0n) is 14.3. The van der Waals surface area contributed by atoms with E-state index in [0.29, 0.717) is 0 Å². The first kappa shape index (κ1) is 15.4. The maximum Gasteiger partial charge on any atom is 0.0487 e. The van der Waals surface area contributed by atoms with Crippen LogP contribution in [0.15, 0.2) is 70.5 Å². The van der Waals surface area contributed by atoms with Crippen LogP contribution < -0.4 is 0 Å². The van der Waals surface area contributed by atoms with Gasteiger partial charge in [0.1, 0.15) is 0 Å². The lowest BCUT2D eigenvalue weighted by Crippen LogP contribution is -1.93. The summed E-state index contributed by atoms with van der Waals surface area (Å²) in [6.45, 7) is 4.51. The number of rotatable bonds is 0. The van der Waals surface area contributed by atoms with Crippen molar-refractivity contribution in [3.63, 3.8) is 0 Å². The topological polar surface area (TPSA) is 0 Å². The first-order chi connectivity index (χ1) is 12.2. The lowest BCUT2D eigenvalue weighted by molar-refractivity contribution is 1.29. The molecule has 122 valence electrons. The third-order valence-corrected chi connectivity index (χ3v) is 7.60. The summed E-state index contributed by atoms with van der Waals surface area (Å²) in [6.07, 6.45) is 0. The molecular weight excluding hydrogens is 340 g/mol.